The van der Waals surface area contributed by atoms with Crippen molar-refractivity contribution in [3.8, 4) is 0 Å². The minimum Gasteiger partial charge on any atom is -0.376 e. The van der Waals surface area contributed by atoms with Gasteiger partial charge < -0.3 is 14.5 Å². The Balaban J connectivity index is 1.46. The van der Waals surface area contributed by atoms with Crippen molar-refractivity contribution in [2.45, 2.75) is 71.6 Å². The van der Waals surface area contributed by atoms with Gasteiger partial charge in [0.15, 0.2) is 0 Å². The number of tetrazole rings is 1. The molecular formula is C23H37N6O+. The summed E-state index contributed by atoms with van der Waals surface area (Å²) in [4.78, 5) is 4.17. The van der Waals surface area contributed by atoms with E-state index in [1.165, 1.54) is 29.7 Å². The van der Waals surface area contributed by atoms with Crippen LogP contribution >= 0.6 is 0 Å². The normalized spacial score (nSPS) is 21.3. The summed E-state index contributed by atoms with van der Waals surface area (Å²) in [6, 6.07) is 7.02. The molecule has 30 heavy (non-hydrogen) atoms. The average molecular weight is 414 g/mol. The second-order valence-electron chi connectivity index (χ2n) is 8.91. The predicted molar refractivity (Wildman–Crippen MR) is 118 cm³/mol. The van der Waals surface area contributed by atoms with Crippen LogP contribution < -0.4 is 9.80 Å². The summed E-state index contributed by atoms with van der Waals surface area (Å²) < 4.78 is 7.87. The van der Waals surface area contributed by atoms with Gasteiger partial charge in [-0.3, -0.25) is 0 Å². The Morgan fingerprint density at radius 2 is 2.07 bits per heavy atom. The molecular weight excluding hydrogens is 376 g/mol. The minimum absolute atomic E-state index is 0.259. The summed E-state index contributed by atoms with van der Waals surface area (Å²) >= 11 is 0. The van der Waals surface area contributed by atoms with Gasteiger partial charge in [0.25, 0.3) is 0 Å². The van der Waals surface area contributed by atoms with Crippen LogP contribution in [0.3, 0.4) is 0 Å². The number of nitrogens with one attached hydrogen (secondary N) is 1. The van der Waals surface area contributed by atoms with E-state index < -0.39 is 0 Å². The second-order valence-corrected chi connectivity index (χ2v) is 8.91. The largest absolute Gasteiger partial charge is 0.376 e. The maximum absolute atomic E-state index is 5.84. The molecule has 1 aromatic heterocycles. The first-order valence-electron chi connectivity index (χ1n) is 11.7. The number of quaternary nitrogens is 1. The molecule has 0 aliphatic carbocycles. The Morgan fingerprint density at radius 1 is 1.23 bits per heavy atom. The van der Waals surface area contributed by atoms with Gasteiger partial charge in [0, 0.05) is 18.7 Å². The molecule has 1 N–H and O–H groups in total. The zero-order valence-corrected chi connectivity index (χ0v) is 18.8. The van der Waals surface area contributed by atoms with Crippen molar-refractivity contribution in [1.82, 2.24) is 20.2 Å². The molecule has 0 unspecified atom stereocenters. The van der Waals surface area contributed by atoms with Crippen molar-refractivity contribution in [1.29, 1.82) is 0 Å². The average Bonchev–Trinajstić information content (AvgIpc) is 3.44. The molecule has 0 radical (unpaired) electrons. The van der Waals surface area contributed by atoms with E-state index in [2.05, 4.69) is 59.4 Å². The quantitative estimate of drug-likeness (QED) is 0.718. The summed E-state index contributed by atoms with van der Waals surface area (Å²) in [6.07, 6.45) is 6.07. The Kier molecular flexibility index (Phi) is 7.00. The molecule has 2 aromatic rings. The van der Waals surface area contributed by atoms with Crippen LogP contribution in [0.5, 0.6) is 0 Å². The van der Waals surface area contributed by atoms with Gasteiger partial charge in [-0.25, -0.2) is 4.68 Å². The minimum atomic E-state index is 0.259. The van der Waals surface area contributed by atoms with E-state index in [4.69, 9.17) is 4.74 Å². The Morgan fingerprint density at radius 3 is 2.80 bits per heavy atom. The number of unbranched alkanes of at least 4 members (excludes halogenated alkanes) is 1. The zero-order chi connectivity index (χ0) is 20.9. The number of aromatic nitrogens is 4. The maximum atomic E-state index is 5.84. The number of rotatable bonds is 8. The lowest BCUT2D eigenvalue weighted by molar-refractivity contribution is -0.933. The molecule has 2 fully saturated rings. The third-order valence-electron chi connectivity index (χ3n) is 6.93. The molecule has 7 nitrogen and oxygen atoms in total. The highest BCUT2D eigenvalue weighted by Crippen LogP contribution is 2.23. The number of aryl methyl sites for hydroxylation is 1. The van der Waals surface area contributed by atoms with Crippen LogP contribution in [-0.2, 0) is 11.3 Å². The van der Waals surface area contributed by atoms with Crippen LogP contribution in [0, 0.1) is 13.8 Å². The zero-order valence-electron chi connectivity index (χ0n) is 18.8. The fraction of sp³-hybridized carbons (Fsp3) is 0.696. The molecule has 2 saturated heterocycles. The van der Waals surface area contributed by atoms with E-state index >= 15 is 0 Å². The highest BCUT2D eigenvalue weighted by atomic mass is 16.5. The first-order valence-corrected chi connectivity index (χ1v) is 11.7. The summed E-state index contributed by atoms with van der Waals surface area (Å²) in [5.41, 5.74) is 4.17. The lowest BCUT2D eigenvalue weighted by Gasteiger charge is -2.38. The first kappa shape index (κ1) is 21.2. The van der Waals surface area contributed by atoms with Crippen molar-refractivity contribution in [2.75, 3.05) is 37.7 Å². The Bertz CT molecular complexity index is 808. The first-order chi connectivity index (χ1) is 14.7. The summed E-state index contributed by atoms with van der Waals surface area (Å²) in [5.74, 6) is 1.05. The highest BCUT2D eigenvalue weighted by molar-refractivity contribution is 5.56. The monoisotopic (exact) mass is 413 g/mol. The molecule has 3 heterocycles. The smallest absolute Gasteiger partial charge is 0.209 e. The van der Waals surface area contributed by atoms with Crippen molar-refractivity contribution in [3.05, 3.63) is 35.2 Å². The van der Waals surface area contributed by atoms with Crippen LogP contribution in [-0.4, -0.2) is 59.1 Å². The summed E-state index contributed by atoms with van der Waals surface area (Å²) in [7, 11) is 0. The summed E-state index contributed by atoms with van der Waals surface area (Å²) in [6.45, 7) is 12.8. The lowest BCUT2D eigenvalue weighted by Crippen LogP contribution is -3.15. The highest BCUT2D eigenvalue weighted by Gasteiger charge is 2.33. The molecule has 0 amide bonds. The van der Waals surface area contributed by atoms with E-state index in [0.717, 1.165) is 64.4 Å². The van der Waals surface area contributed by atoms with Gasteiger partial charge in [0.1, 0.15) is 6.04 Å². The third kappa shape index (κ3) is 4.67. The molecule has 2 aliphatic rings. The van der Waals surface area contributed by atoms with Gasteiger partial charge in [-0.1, -0.05) is 25.5 Å². The van der Waals surface area contributed by atoms with Crippen molar-refractivity contribution < 1.29 is 9.64 Å². The van der Waals surface area contributed by atoms with Crippen molar-refractivity contribution in [3.63, 3.8) is 0 Å². The van der Waals surface area contributed by atoms with Gasteiger partial charge in [-0.15, -0.1) is 5.10 Å². The number of piperazine rings is 1. The van der Waals surface area contributed by atoms with Crippen LogP contribution in [0.4, 0.5) is 5.69 Å². The molecule has 0 bridgehead atoms. The van der Waals surface area contributed by atoms with Crippen molar-refractivity contribution >= 4 is 5.69 Å². The standard InChI is InChI=1S/C23H36N6O/c1-4-5-10-22(23-24-25-26-29(23)17-20-9-7-16-30-20)28-14-12-27(13-15-28)21-11-6-8-18(2)19(21)3/h6,8,11,20,22H,4-5,7,9-10,12-17H2,1-3H3/p+1/t20-,22+/m0/s1. The molecule has 2 aliphatic heterocycles. The topological polar surface area (TPSA) is 60.5 Å². The number of hydrogen-bond acceptors (Lipinski definition) is 5. The molecule has 1 aromatic carbocycles. The van der Waals surface area contributed by atoms with E-state index in [1.54, 1.807) is 4.90 Å². The van der Waals surface area contributed by atoms with Crippen molar-refractivity contribution in [2.24, 2.45) is 0 Å². The van der Waals surface area contributed by atoms with Crippen LogP contribution in [0.25, 0.3) is 0 Å². The molecule has 0 spiro atoms. The van der Waals surface area contributed by atoms with Gasteiger partial charge in [-0.05, 0) is 60.7 Å². The van der Waals surface area contributed by atoms with Crippen LogP contribution in [0.2, 0.25) is 0 Å². The van der Waals surface area contributed by atoms with Crippen LogP contribution in [0.1, 0.15) is 62.0 Å². The molecule has 7 heteroatoms. The van der Waals surface area contributed by atoms with E-state index in [0.29, 0.717) is 6.04 Å². The van der Waals surface area contributed by atoms with Gasteiger partial charge in [0.05, 0.1) is 38.8 Å². The molecule has 2 atom stereocenters. The number of nitrogens with zero attached hydrogens (tertiary/aromatic N) is 5. The number of benzene rings is 1. The molecule has 164 valence electrons. The number of ether oxygens (including phenoxy) is 1. The van der Waals surface area contributed by atoms with Gasteiger partial charge in [0.2, 0.25) is 5.82 Å². The second kappa shape index (κ2) is 9.88. The Hall–Kier alpha value is -1.99. The van der Waals surface area contributed by atoms with Gasteiger partial charge >= 0.3 is 0 Å². The van der Waals surface area contributed by atoms with E-state index in [9.17, 15) is 0 Å². The van der Waals surface area contributed by atoms with E-state index in [1.807, 2.05) is 4.68 Å². The lowest BCUT2D eigenvalue weighted by atomic mass is 10.0. The Labute approximate surface area is 180 Å². The van der Waals surface area contributed by atoms with E-state index in [-0.39, 0.29) is 6.10 Å². The SMILES string of the molecule is CCCC[C@H](c1nnnn1C[C@@H]1CCCO1)[NH+]1CCN(c2cccc(C)c2C)CC1. The molecule has 0 saturated carbocycles. The maximum Gasteiger partial charge on any atom is 0.209 e. The number of anilines is 1. The number of hydrogen-bond donors (Lipinski definition) is 1. The third-order valence-corrected chi connectivity index (χ3v) is 6.93. The molecule has 4 rings (SSSR count). The fourth-order valence-corrected chi connectivity index (χ4v) is 4.96. The van der Waals surface area contributed by atoms with Crippen LogP contribution in [0.15, 0.2) is 18.2 Å². The predicted octanol–water partition coefficient (Wildman–Crippen LogP) is 2.11. The van der Waals surface area contributed by atoms with Gasteiger partial charge in [-0.2, -0.15) is 0 Å². The fourth-order valence-electron chi connectivity index (χ4n) is 4.96. The summed E-state index contributed by atoms with van der Waals surface area (Å²) in [5, 5.41) is 12.9.